The Morgan fingerprint density at radius 3 is 2.74 bits per heavy atom. The number of amides is 1. The fraction of sp³-hybridized carbons (Fsp3) is 0.312. The van der Waals surface area contributed by atoms with Gasteiger partial charge in [-0.25, -0.2) is 10.3 Å². The van der Waals surface area contributed by atoms with Crippen LogP contribution in [0.15, 0.2) is 36.5 Å². The lowest BCUT2D eigenvalue weighted by Crippen LogP contribution is -2.39. The molecule has 8 nitrogen and oxygen atoms in total. The van der Waals surface area contributed by atoms with Crippen LogP contribution in [-0.4, -0.2) is 42.0 Å². The van der Waals surface area contributed by atoms with E-state index in [1.54, 1.807) is 6.20 Å². The van der Waals surface area contributed by atoms with Gasteiger partial charge in [0.05, 0.1) is 23.9 Å². The van der Waals surface area contributed by atoms with E-state index in [4.69, 9.17) is 10.6 Å². The Morgan fingerprint density at radius 1 is 1.26 bits per heavy atom. The number of fused-ring (bicyclic) bond motifs is 1. The van der Waals surface area contributed by atoms with Gasteiger partial charge >= 0.3 is 5.97 Å². The lowest BCUT2D eigenvalue weighted by molar-refractivity contribution is -0.142. The van der Waals surface area contributed by atoms with E-state index in [-0.39, 0.29) is 55.7 Å². The summed E-state index contributed by atoms with van der Waals surface area (Å²) in [5, 5.41) is 6.71. The summed E-state index contributed by atoms with van der Waals surface area (Å²) in [5.74, 6) is -0.677. The van der Waals surface area contributed by atoms with Crippen molar-refractivity contribution >= 4 is 65.7 Å². The molecule has 0 radical (unpaired) electrons. The van der Waals surface area contributed by atoms with E-state index < -0.39 is 12.0 Å². The molecule has 1 amide bonds. The van der Waals surface area contributed by atoms with E-state index in [1.807, 2.05) is 30.3 Å². The van der Waals surface area contributed by atoms with Gasteiger partial charge in [-0.05, 0) is 18.6 Å². The molecule has 0 aliphatic carbocycles. The standard InChI is InChI=1S/C16H19N5O3.3ClH/c17-7-15(22)20-11-6-14(19-8-11)16(23)24-21-12-5-10-3-1-2-4-13(10)18-9-12;;;/h1-5,9,11,14,19,21H,6-8,17H2,(H,20,22);3*1H/t11?,14-;;;/m0.../s1. The van der Waals surface area contributed by atoms with E-state index in [2.05, 4.69) is 21.1 Å². The molecule has 3 rings (SSSR count). The average Bonchev–Trinajstić information content (AvgIpc) is 3.08. The van der Waals surface area contributed by atoms with Crippen LogP contribution in [0.3, 0.4) is 0 Å². The molecule has 5 N–H and O–H groups in total. The minimum atomic E-state index is -0.478. The quantitative estimate of drug-likeness (QED) is 0.518. The fourth-order valence-corrected chi connectivity index (χ4v) is 2.62. The number of halogens is 3. The molecule has 1 aliphatic heterocycles. The molecular formula is C16H22Cl3N5O3. The number of nitrogens with one attached hydrogen (secondary N) is 3. The number of aromatic nitrogens is 1. The summed E-state index contributed by atoms with van der Waals surface area (Å²) < 4.78 is 0. The van der Waals surface area contributed by atoms with Crippen molar-refractivity contribution in [2.24, 2.45) is 5.73 Å². The first kappa shape index (κ1) is 25.2. The van der Waals surface area contributed by atoms with Gasteiger partial charge in [-0.2, -0.15) is 0 Å². The van der Waals surface area contributed by atoms with Crippen LogP contribution in [-0.2, 0) is 14.4 Å². The second kappa shape index (κ2) is 11.8. The molecule has 1 fully saturated rings. The molecule has 1 aliphatic rings. The summed E-state index contributed by atoms with van der Waals surface area (Å²) in [4.78, 5) is 32.7. The Kier molecular flexibility index (Phi) is 11.0. The highest BCUT2D eigenvalue weighted by Crippen LogP contribution is 2.16. The summed E-state index contributed by atoms with van der Waals surface area (Å²) in [6.45, 7) is 0.436. The molecule has 150 valence electrons. The first-order valence-corrected chi connectivity index (χ1v) is 7.70. The molecule has 1 unspecified atom stereocenters. The molecule has 27 heavy (non-hydrogen) atoms. The molecule has 0 bridgehead atoms. The number of hydrogen-bond donors (Lipinski definition) is 4. The zero-order valence-corrected chi connectivity index (χ0v) is 16.7. The molecule has 1 saturated heterocycles. The number of pyridine rings is 1. The second-order valence-corrected chi connectivity index (χ2v) is 5.60. The Balaban J connectivity index is 0.00000225. The number of carbonyl (C=O) groups excluding carboxylic acids is 2. The minimum Gasteiger partial charge on any atom is -0.351 e. The number of nitrogens with zero attached hydrogens (tertiary/aromatic N) is 1. The van der Waals surface area contributed by atoms with Crippen molar-refractivity contribution in [1.29, 1.82) is 0 Å². The van der Waals surface area contributed by atoms with Gasteiger partial charge in [0.1, 0.15) is 6.04 Å². The van der Waals surface area contributed by atoms with Crippen LogP contribution in [0, 0.1) is 0 Å². The van der Waals surface area contributed by atoms with Gasteiger partial charge in [0.15, 0.2) is 0 Å². The van der Waals surface area contributed by atoms with Crippen LogP contribution in [0.2, 0.25) is 0 Å². The summed E-state index contributed by atoms with van der Waals surface area (Å²) in [6, 6.07) is 8.91. The zero-order chi connectivity index (χ0) is 16.9. The number of rotatable bonds is 5. The highest BCUT2D eigenvalue weighted by molar-refractivity contribution is 5.86. The molecule has 11 heteroatoms. The maximum Gasteiger partial charge on any atom is 0.348 e. The summed E-state index contributed by atoms with van der Waals surface area (Å²) in [6.07, 6.45) is 2.06. The molecular weight excluding hydrogens is 417 g/mol. The topological polar surface area (TPSA) is 118 Å². The van der Waals surface area contributed by atoms with Gasteiger partial charge in [0.25, 0.3) is 0 Å². The molecule has 1 aromatic heterocycles. The van der Waals surface area contributed by atoms with Gasteiger partial charge in [-0.1, -0.05) is 18.2 Å². The van der Waals surface area contributed by atoms with E-state index >= 15 is 0 Å². The predicted octanol–water partition coefficient (Wildman–Crippen LogP) is 1.18. The maximum absolute atomic E-state index is 12.1. The number of benzene rings is 1. The first-order chi connectivity index (χ1) is 11.7. The number of para-hydroxylation sites is 1. The molecule has 2 aromatic rings. The van der Waals surface area contributed by atoms with Crippen molar-refractivity contribution in [2.75, 3.05) is 18.6 Å². The minimum absolute atomic E-state index is 0. The number of hydrogen-bond acceptors (Lipinski definition) is 7. The lowest BCUT2D eigenvalue weighted by Gasteiger charge is -2.12. The second-order valence-electron chi connectivity index (χ2n) is 5.60. The van der Waals surface area contributed by atoms with Gasteiger partial charge in [0, 0.05) is 18.0 Å². The Morgan fingerprint density at radius 2 is 2.00 bits per heavy atom. The largest absolute Gasteiger partial charge is 0.351 e. The van der Waals surface area contributed by atoms with Gasteiger partial charge in [-0.3, -0.25) is 9.78 Å². The molecule has 0 saturated carbocycles. The van der Waals surface area contributed by atoms with Crippen LogP contribution in [0.25, 0.3) is 10.9 Å². The normalized spacial score (nSPS) is 17.7. The highest BCUT2D eigenvalue weighted by atomic mass is 35.5. The van der Waals surface area contributed by atoms with Crippen molar-refractivity contribution in [1.82, 2.24) is 15.6 Å². The lowest BCUT2D eigenvalue weighted by atomic mass is 10.2. The maximum atomic E-state index is 12.1. The Hall–Kier alpha value is -1.84. The van der Waals surface area contributed by atoms with E-state index in [0.29, 0.717) is 18.7 Å². The number of nitrogens with two attached hydrogens (primary N) is 1. The van der Waals surface area contributed by atoms with Crippen LogP contribution in [0.5, 0.6) is 0 Å². The third-order valence-corrected chi connectivity index (χ3v) is 3.83. The molecule has 0 spiro atoms. The van der Waals surface area contributed by atoms with Crippen LogP contribution in [0.1, 0.15) is 6.42 Å². The van der Waals surface area contributed by atoms with Crippen LogP contribution < -0.4 is 21.8 Å². The van der Waals surface area contributed by atoms with Crippen molar-refractivity contribution in [3.8, 4) is 0 Å². The molecule has 2 atom stereocenters. The number of anilines is 1. The van der Waals surface area contributed by atoms with Crippen molar-refractivity contribution in [2.45, 2.75) is 18.5 Å². The van der Waals surface area contributed by atoms with E-state index in [1.165, 1.54) is 0 Å². The van der Waals surface area contributed by atoms with E-state index in [0.717, 1.165) is 10.9 Å². The van der Waals surface area contributed by atoms with Gasteiger partial charge in [-0.15, -0.1) is 37.2 Å². The molecule has 2 heterocycles. The molecule has 1 aromatic carbocycles. The smallest absolute Gasteiger partial charge is 0.348 e. The number of carbonyl (C=O) groups is 2. The zero-order valence-electron chi connectivity index (χ0n) is 14.2. The SMILES string of the molecule is Cl.Cl.Cl.NCC(=O)NC1CN[C@H](C(=O)ONc2cnc3ccccc3c2)C1. The third kappa shape index (κ3) is 6.67. The van der Waals surface area contributed by atoms with Crippen molar-refractivity contribution in [3.63, 3.8) is 0 Å². The van der Waals surface area contributed by atoms with Gasteiger partial charge < -0.3 is 21.2 Å². The first-order valence-electron chi connectivity index (χ1n) is 7.70. The average molecular weight is 439 g/mol. The Labute approximate surface area is 175 Å². The highest BCUT2D eigenvalue weighted by Gasteiger charge is 2.31. The third-order valence-electron chi connectivity index (χ3n) is 3.83. The fourth-order valence-electron chi connectivity index (χ4n) is 2.62. The van der Waals surface area contributed by atoms with Gasteiger partial charge in [0.2, 0.25) is 5.91 Å². The van der Waals surface area contributed by atoms with Crippen molar-refractivity contribution in [3.05, 3.63) is 36.5 Å². The summed E-state index contributed by atoms with van der Waals surface area (Å²) >= 11 is 0. The van der Waals surface area contributed by atoms with Crippen molar-refractivity contribution < 1.29 is 14.4 Å². The summed E-state index contributed by atoms with van der Waals surface area (Å²) in [5.41, 5.74) is 9.33. The predicted molar refractivity (Wildman–Crippen MR) is 111 cm³/mol. The van der Waals surface area contributed by atoms with Crippen LogP contribution in [0.4, 0.5) is 5.69 Å². The monoisotopic (exact) mass is 437 g/mol. The summed E-state index contributed by atoms with van der Waals surface area (Å²) in [7, 11) is 0. The van der Waals surface area contributed by atoms with E-state index in [9.17, 15) is 9.59 Å². The van der Waals surface area contributed by atoms with Crippen LogP contribution >= 0.6 is 37.2 Å². The Bertz CT molecular complexity index is 765.